The third-order valence-electron chi connectivity index (χ3n) is 8.24. The molecule has 5 nitrogen and oxygen atoms in total. The number of hydrogen-bond acceptors (Lipinski definition) is 4. The van der Waals surface area contributed by atoms with E-state index in [1.54, 1.807) is 12.1 Å². The minimum atomic E-state index is -3.56. The molecule has 0 N–H and O–H groups in total. The Morgan fingerprint density at radius 3 is 2.59 bits per heavy atom. The molecule has 0 saturated carbocycles. The van der Waals surface area contributed by atoms with E-state index >= 15 is 0 Å². The van der Waals surface area contributed by atoms with Gasteiger partial charge in [0.25, 0.3) is 5.91 Å². The summed E-state index contributed by atoms with van der Waals surface area (Å²) in [6, 6.07) is 22.6. The number of benzene rings is 3. The quantitative estimate of drug-likeness (QED) is 0.530. The molecule has 172 valence electrons. The van der Waals surface area contributed by atoms with E-state index in [0.29, 0.717) is 23.0 Å². The second kappa shape index (κ2) is 6.94. The molecule has 4 atom stereocenters. The molecule has 3 aromatic carbocycles. The summed E-state index contributed by atoms with van der Waals surface area (Å²) in [7, 11) is -3.56. The van der Waals surface area contributed by atoms with E-state index in [2.05, 4.69) is 4.90 Å². The van der Waals surface area contributed by atoms with Crippen LogP contribution in [0, 0.1) is 0 Å². The number of halogens is 1. The van der Waals surface area contributed by atoms with E-state index in [4.69, 9.17) is 11.6 Å². The van der Waals surface area contributed by atoms with Gasteiger partial charge in [0.15, 0.2) is 9.84 Å². The molecule has 0 unspecified atom stereocenters. The Balaban J connectivity index is 1.50. The minimum absolute atomic E-state index is 0.0417. The number of nitrogens with zero attached hydrogens (tertiary/aromatic N) is 2. The maximum absolute atomic E-state index is 14.7. The Bertz CT molecular complexity index is 1460. The molecule has 0 aromatic heterocycles. The highest BCUT2D eigenvalue weighted by molar-refractivity contribution is 7.92. The molecule has 1 amide bonds. The Morgan fingerprint density at radius 2 is 1.76 bits per heavy atom. The van der Waals surface area contributed by atoms with Gasteiger partial charge < -0.3 is 4.90 Å². The molecule has 7 rings (SSSR count). The van der Waals surface area contributed by atoms with E-state index in [1.165, 1.54) is 0 Å². The van der Waals surface area contributed by atoms with Crippen LogP contribution in [-0.4, -0.2) is 37.1 Å². The van der Waals surface area contributed by atoms with Crippen LogP contribution >= 0.6 is 11.6 Å². The van der Waals surface area contributed by atoms with Crippen molar-refractivity contribution in [1.82, 2.24) is 4.90 Å². The van der Waals surface area contributed by atoms with Crippen LogP contribution in [0.4, 0.5) is 5.69 Å². The molecule has 1 spiro atoms. The molecule has 34 heavy (non-hydrogen) atoms. The monoisotopic (exact) mass is 490 g/mol. The summed E-state index contributed by atoms with van der Waals surface area (Å²) in [5, 5.41) is -0.0688. The molecule has 7 heteroatoms. The van der Waals surface area contributed by atoms with Gasteiger partial charge in [-0.15, -0.1) is 0 Å². The first-order valence-electron chi connectivity index (χ1n) is 11.7. The zero-order chi connectivity index (χ0) is 23.2. The van der Waals surface area contributed by atoms with Gasteiger partial charge in [-0.3, -0.25) is 9.69 Å². The number of carbonyl (C=O) groups is 1. The SMILES string of the molecule is O=C1N(Cc2ccccc2)c2ccc(Cl)cc2[C@@]12[C@@H]1c3ccccc3S(=O)(=O)[C@@H]1[C@H]1CCCN12. The fourth-order valence-electron chi connectivity index (χ4n) is 7.12. The van der Waals surface area contributed by atoms with Crippen molar-refractivity contribution < 1.29 is 13.2 Å². The smallest absolute Gasteiger partial charge is 0.253 e. The van der Waals surface area contributed by atoms with Crippen molar-refractivity contribution in [1.29, 1.82) is 0 Å². The van der Waals surface area contributed by atoms with Crippen LogP contribution in [0.25, 0.3) is 0 Å². The molecular formula is C27H23ClN2O3S. The van der Waals surface area contributed by atoms with E-state index in [0.717, 1.165) is 35.2 Å². The highest BCUT2D eigenvalue weighted by atomic mass is 35.5. The number of fused-ring (bicyclic) bond motifs is 9. The molecule has 3 aromatic rings. The second-order valence-electron chi connectivity index (χ2n) is 9.73. The normalized spacial score (nSPS) is 30.4. The van der Waals surface area contributed by atoms with E-state index in [1.807, 2.05) is 65.6 Å². The van der Waals surface area contributed by atoms with Crippen LogP contribution in [0.1, 0.15) is 35.4 Å². The van der Waals surface area contributed by atoms with E-state index < -0.39 is 26.5 Å². The van der Waals surface area contributed by atoms with Crippen LogP contribution in [0.5, 0.6) is 0 Å². The number of amides is 1. The lowest BCUT2D eigenvalue weighted by atomic mass is 9.75. The van der Waals surface area contributed by atoms with E-state index in [9.17, 15) is 13.2 Å². The predicted molar refractivity (Wildman–Crippen MR) is 131 cm³/mol. The van der Waals surface area contributed by atoms with Gasteiger partial charge in [-0.25, -0.2) is 8.42 Å². The lowest BCUT2D eigenvalue weighted by molar-refractivity contribution is -0.129. The van der Waals surface area contributed by atoms with Crippen molar-refractivity contribution in [2.24, 2.45) is 0 Å². The van der Waals surface area contributed by atoms with Crippen LogP contribution < -0.4 is 4.90 Å². The molecule has 0 aliphatic carbocycles. The Hall–Kier alpha value is -2.67. The van der Waals surface area contributed by atoms with Crippen LogP contribution in [0.15, 0.2) is 77.7 Å². The van der Waals surface area contributed by atoms with Crippen molar-refractivity contribution in [3.63, 3.8) is 0 Å². The van der Waals surface area contributed by atoms with Gasteiger partial charge in [0.2, 0.25) is 0 Å². The van der Waals surface area contributed by atoms with Crippen LogP contribution in [-0.2, 0) is 26.7 Å². The number of anilines is 1. The lowest BCUT2D eigenvalue weighted by Crippen LogP contribution is -2.52. The largest absolute Gasteiger partial charge is 0.306 e. The third kappa shape index (κ3) is 2.39. The Morgan fingerprint density at radius 1 is 1.00 bits per heavy atom. The van der Waals surface area contributed by atoms with Gasteiger partial charge in [0.05, 0.1) is 16.7 Å². The third-order valence-corrected chi connectivity index (χ3v) is 10.8. The van der Waals surface area contributed by atoms with Gasteiger partial charge in [0, 0.05) is 28.2 Å². The zero-order valence-electron chi connectivity index (χ0n) is 18.4. The zero-order valence-corrected chi connectivity index (χ0v) is 20.0. The molecular weight excluding hydrogens is 468 g/mol. The minimum Gasteiger partial charge on any atom is -0.306 e. The highest BCUT2D eigenvalue weighted by Crippen LogP contribution is 2.65. The summed E-state index contributed by atoms with van der Waals surface area (Å²) in [5.74, 6) is -0.496. The summed E-state index contributed by atoms with van der Waals surface area (Å²) >= 11 is 6.52. The Labute approximate surface area is 203 Å². The second-order valence-corrected chi connectivity index (χ2v) is 12.2. The summed E-state index contributed by atoms with van der Waals surface area (Å²) in [4.78, 5) is 19.1. The summed E-state index contributed by atoms with van der Waals surface area (Å²) < 4.78 is 27.7. The highest BCUT2D eigenvalue weighted by Gasteiger charge is 2.74. The number of carbonyl (C=O) groups excluding carboxylic acids is 1. The molecule has 4 aliphatic rings. The molecule has 2 fully saturated rings. The lowest BCUT2D eigenvalue weighted by Gasteiger charge is -2.37. The standard InChI is InChI=1S/C27H23ClN2O3S/c28-18-12-13-21-20(15-18)27(26(31)29(21)16-17-7-2-1-3-8-17)24-19-9-4-5-11-23(19)34(32,33)25(24)22-10-6-14-30(22)27/h1-5,7-9,11-13,15,22,24-25H,6,10,14,16H2/t22-,24-,25-,27-/m1/s1. The maximum Gasteiger partial charge on any atom is 0.253 e. The molecule has 4 aliphatic heterocycles. The fraction of sp³-hybridized carbons (Fsp3) is 0.296. The van der Waals surface area contributed by atoms with Gasteiger partial charge in [-0.05, 0) is 54.8 Å². The molecule has 2 saturated heterocycles. The number of rotatable bonds is 2. The molecule has 4 heterocycles. The van der Waals surface area contributed by atoms with Gasteiger partial charge in [0.1, 0.15) is 5.54 Å². The first kappa shape index (κ1) is 20.7. The fourth-order valence-corrected chi connectivity index (χ4v) is 9.78. The average molecular weight is 491 g/mol. The molecule has 0 radical (unpaired) electrons. The van der Waals surface area contributed by atoms with Crippen LogP contribution in [0.3, 0.4) is 0 Å². The Kier molecular flexibility index (Phi) is 4.22. The first-order valence-corrected chi connectivity index (χ1v) is 13.6. The number of sulfone groups is 1. The van der Waals surface area contributed by atoms with Gasteiger partial charge >= 0.3 is 0 Å². The topological polar surface area (TPSA) is 57.7 Å². The summed E-state index contributed by atoms with van der Waals surface area (Å²) in [5.41, 5.74) is 2.39. The summed E-state index contributed by atoms with van der Waals surface area (Å²) in [6.45, 7) is 1.13. The van der Waals surface area contributed by atoms with Crippen molar-refractivity contribution in [3.05, 3.63) is 94.5 Å². The van der Waals surface area contributed by atoms with Crippen molar-refractivity contribution in [3.8, 4) is 0 Å². The molecule has 0 bridgehead atoms. The van der Waals surface area contributed by atoms with Gasteiger partial charge in [-0.2, -0.15) is 0 Å². The van der Waals surface area contributed by atoms with Gasteiger partial charge in [-0.1, -0.05) is 60.1 Å². The maximum atomic E-state index is 14.7. The van der Waals surface area contributed by atoms with Crippen molar-refractivity contribution in [2.45, 2.75) is 47.0 Å². The predicted octanol–water partition coefficient (Wildman–Crippen LogP) is 4.50. The number of hydrogen-bond donors (Lipinski definition) is 0. The van der Waals surface area contributed by atoms with E-state index in [-0.39, 0.29) is 11.9 Å². The van der Waals surface area contributed by atoms with Crippen LogP contribution in [0.2, 0.25) is 5.02 Å². The average Bonchev–Trinajstić information content (AvgIpc) is 3.53. The first-order chi connectivity index (χ1) is 16.5. The summed E-state index contributed by atoms with van der Waals surface area (Å²) in [6.07, 6.45) is 1.65. The van der Waals surface area contributed by atoms with Crippen molar-refractivity contribution >= 4 is 33.0 Å². The van der Waals surface area contributed by atoms with Crippen molar-refractivity contribution in [2.75, 3.05) is 11.4 Å².